The van der Waals surface area contributed by atoms with E-state index in [2.05, 4.69) is 20.7 Å². The summed E-state index contributed by atoms with van der Waals surface area (Å²) in [6.45, 7) is 4.84. The van der Waals surface area contributed by atoms with Gasteiger partial charge in [0.05, 0.1) is 15.5 Å². The number of allylic oxidation sites excluding steroid dienone is 1. The van der Waals surface area contributed by atoms with Crippen molar-refractivity contribution in [3.8, 4) is 0 Å². The van der Waals surface area contributed by atoms with Gasteiger partial charge in [-0.3, -0.25) is 28.9 Å². The molecule has 4 aromatic rings. The molecule has 14 nitrogen and oxygen atoms in total. The number of hydrogen-bond donors (Lipinski definition) is 4. The van der Waals surface area contributed by atoms with Crippen LogP contribution in [-0.2, 0) is 17.9 Å². The van der Waals surface area contributed by atoms with Gasteiger partial charge in [-0.1, -0.05) is 12.2 Å². The molecule has 0 unspecified atom stereocenters. The molecule has 6 N–H and O–H groups in total. The molecule has 0 saturated carbocycles. The van der Waals surface area contributed by atoms with E-state index in [-0.39, 0.29) is 22.1 Å². The minimum absolute atomic E-state index is 0.0904. The molecular formula is C25H28N9O5S+. The van der Waals surface area contributed by atoms with Crippen molar-refractivity contribution < 1.29 is 24.1 Å². The number of imidazole rings is 1. The number of anilines is 2. The van der Waals surface area contributed by atoms with Crippen molar-refractivity contribution in [3.63, 3.8) is 0 Å². The second-order valence-corrected chi connectivity index (χ2v) is 9.57. The van der Waals surface area contributed by atoms with E-state index >= 15 is 0 Å². The Balaban J connectivity index is 1.54. The third-order valence-corrected chi connectivity index (χ3v) is 6.99. The minimum Gasteiger partial charge on any atom is -0.376 e. The fraction of sp³-hybridized carbons (Fsp3) is 0.240. The number of benzene rings is 1. The van der Waals surface area contributed by atoms with E-state index in [9.17, 15) is 19.3 Å². The molecule has 40 heavy (non-hydrogen) atoms. The van der Waals surface area contributed by atoms with E-state index in [4.69, 9.17) is 16.3 Å². The quantitative estimate of drug-likeness (QED) is 0.148. The van der Waals surface area contributed by atoms with Crippen molar-refractivity contribution in [2.24, 2.45) is 11.5 Å². The molecule has 0 atom stereocenters. The molecule has 0 bridgehead atoms. The van der Waals surface area contributed by atoms with Gasteiger partial charge in [-0.15, -0.1) is 11.3 Å². The number of aryl methyl sites for hydroxylation is 2. The van der Waals surface area contributed by atoms with E-state index in [1.165, 1.54) is 30.6 Å². The van der Waals surface area contributed by atoms with E-state index in [0.29, 0.717) is 52.2 Å². The van der Waals surface area contributed by atoms with Crippen molar-refractivity contribution >= 4 is 56.7 Å². The molecule has 15 heteroatoms. The lowest BCUT2D eigenvalue weighted by Gasteiger charge is -2.09. The summed E-state index contributed by atoms with van der Waals surface area (Å²) in [6.07, 6.45) is 3.64. The van der Waals surface area contributed by atoms with Gasteiger partial charge in [-0.25, -0.2) is 9.82 Å². The molecule has 0 spiro atoms. The zero-order chi connectivity index (χ0) is 29.0. The monoisotopic (exact) mass is 566 g/mol. The third kappa shape index (κ3) is 5.83. The first-order valence-electron chi connectivity index (χ1n) is 12.1. The Morgan fingerprint density at radius 1 is 1.15 bits per heavy atom. The number of hydrogen-bond acceptors (Lipinski definition) is 9. The van der Waals surface area contributed by atoms with Gasteiger partial charge in [0.15, 0.2) is 7.11 Å². The van der Waals surface area contributed by atoms with Crippen molar-refractivity contribution in [3.05, 3.63) is 69.2 Å². The lowest BCUT2D eigenvalue weighted by atomic mass is 10.1. The molecule has 3 heterocycles. The Kier molecular flexibility index (Phi) is 8.23. The van der Waals surface area contributed by atoms with Crippen molar-refractivity contribution in [1.82, 2.24) is 19.3 Å². The Morgan fingerprint density at radius 3 is 2.60 bits per heavy atom. The first-order chi connectivity index (χ1) is 19.1. The molecule has 0 saturated heterocycles. The lowest BCUT2D eigenvalue weighted by Crippen LogP contribution is -2.20. The fourth-order valence-corrected chi connectivity index (χ4v) is 4.91. The van der Waals surface area contributed by atoms with Crippen LogP contribution < -0.4 is 22.1 Å². The van der Waals surface area contributed by atoms with Gasteiger partial charge >= 0.3 is 5.69 Å². The SMILES string of the molecule is CCn1nc(C)cc1C(=O)Nc1nc2cc(C(N)=O)sc2n1C/C=C/CNc1ccc(C(N)=O)cc1[N+](=O)OC. The summed E-state index contributed by atoms with van der Waals surface area (Å²) in [5, 5.41) is 10.3. The molecule has 3 aromatic heterocycles. The summed E-state index contributed by atoms with van der Waals surface area (Å²) < 4.78 is 3.37. The number of amides is 3. The van der Waals surface area contributed by atoms with E-state index in [1.807, 2.05) is 26.0 Å². The minimum atomic E-state index is -0.672. The largest absolute Gasteiger partial charge is 0.376 e. The second-order valence-electron chi connectivity index (χ2n) is 8.54. The highest BCUT2D eigenvalue weighted by molar-refractivity contribution is 7.20. The predicted molar refractivity (Wildman–Crippen MR) is 150 cm³/mol. The standard InChI is InChI=1S/C25H27N9O5S/c1-4-33-19(11-14(2)31-33)23(37)30-25-29-17-13-20(22(27)36)40-24(17)32(25)10-6-5-9-28-16-8-7-15(21(26)35)12-18(16)34(38)39-3/h5-8,11-13H,4,9-10H2,1-3H3,(H5-,26,27,28,29,30,35,36,37,38)/p+1/b6-5+. The molecule has 0 aliphatic rings. The van der Waals surface area contributed by atoms with Gasteiger partial charge in [0.1, 0.15) is 21.7 Å². The number of rotatable bonds is 12. The zero-order valence-corrected chi connectivity index (χ0v) is 22.8. The number of nitrogens with zero attached hydrogens (tertiary/aromatic N) is 5. The van der Waals surface area contributed by atoms with Crippen LogP contribution in [0.5, 0.6) is 0 Å². The summed E-state index contributed by atoms with van der Waals surface area (Å²) in [5.41, 5.74) is 13.1. The Labute approximate surface area is 232 Å². The molecule has 4 rings (SSSR count). The summed E-state index contributed by atoms with van der Waals surface area (Å²) in [7, 11) is 1.21. The first kappa shape index (κ1) is 28.0. The maximum atomic E-state index is 13.1. The summed E-state index contributed by atoms with van der Waals surface area (Å²) >= 11 is 1.18. The highest BCUT2D eigenvalue weighted by atomic mass is 32.1. The molecule has 0 aliphatic carbocycles. The van der Waals surface area contributed by atoms with Gasteiger partial charge in [0.25, 0.3) is 16.7 Å². The first-order valence-corrected chi connectivity index (χ1v) is 12.9. The number of fused-ring (bicyclic) bond motifs is 1. The Bertz CT molecular complexity index is 1650. The lowest BCUT2D eigenvalue weighted by molar-refractivity contribution is -0.736. The van der Waals surface area contributed by atoms with Gasteiger partial charge < -0.3 is 16.8 Å². The smallest absolute Gasteiger partial charge is 0.340 e. The van der Waals surface area contributed by atoms with Crippen molar-refractivity contribution in [2.45, 2.75) is 26.9 Å². The highest BCUT2D eigenvalue weighted by Crippen LogP contribution is 2.29. The van der Waals surface area contributed by atoms with Gasteiger partial charge in [0.2, 0.25) is 11.9 Å². The van der Waals surface area contributed by atoms with Crippen LogP contribution in [0.25, 0.3) is 10.3 Å². The van der Waals surface area contributed by atoms with Crippen LogP contribution in [0.1, 0.15) is 43.1 Å². The maximum absolute atomic E-state index is 13.1. The maximum Gasteiger partial charge on any atom is 0.340 e. The number of nitrogens with two attached hydrogens (primary N) is 2. The molecule has 1 aromatic carbocycles. The number of aromatic nitrogens is 4. The average Bonchev–Trinajstić information content (AvgIpc) is 3.61. The summed E-state index contributed by atoms with van der Waals surface area (Å²) in [5.74, 6) is -1.31. The molecule has 0 aliphatic heterocycles. The average molecular weight is 567 g/mol. The van der Waals surface area contributed by atoms with Crippen molar-refractivity contribution in [2.75, 3.05) is 24.3 Å². The molecule has 0 fully saturated rings. The highest BCUT2D eigenvalue weighted by Gasteiger charge is 2.23. The van der Waals surface area contributed by atoms with Crippen LogP contribution in [-0.4, -0.2) is 55.6 Å². The number of primary amides is 2. The molecule has 0 radical (unpaired) electrons. The second kappa shape index (κ2) is 11.8. The van der Waals surface area contributed by atoms with E-state index in [0.717, 1.165) is 5.69 Å². The summed E-state index contributed by atoms with van der Waals surface area (Å²) in [6, 6.07) is 7.67. The van der Waals surface area contributed by atoms with Crippen LogP contribution in [0.2, 0.25) is 0 Å². The van der Waals surface area contributed by atoms with Crippen LogP contribution in [0.3, 0.4) is 0 Å². The van der Waals surface area contributed by atoms with Crippen molar-refractivity contribution in [1.29, 1.82) is 0 Å². The van der Waals surface area contributed by atoms with Crippen LogP contribution in [0.4, 0.5) is 17.3 Å². The fourth-order valence-electron chi connectivity index (χ4n) is 3.95. The molecular weight excluding hydrogens is 538 g/mol. The number of carbonyl (C=O) groups is 3. The van der Waals surface area contributed by atoms with E-state index < -0.39 is 11.8 Å². The van der Waals surface area contributed by atoms with E-state index in [1.54, 1.807) is 27.4 Å². The normalized spacial score (nSPS) is 11.2. The van der Waals surface area contributed by atoms with Gasteiger partial charge in [-0.05, 0) is 38.1 Å². The summed E-state index contributed by atoms with van der Waals surface area (Å²) in [4.78, 5) is 58.9. The Morgan fingerprint density at radius 2 is 1.93 bits per heavy atom. The molecule has 3 amide bonds. The van der Waals surface area contributed by atoms with Gasteiger partial charge in [0, 0.05) is 31.3 Å². The van der Waals surface area contributed by atoms with Gasteiger partial charge in [-0.2, -0.15) is 5.10 Å². The number of nitrogens with one attached hydrogen (secondary N) is 2. The predicted octanol–water partition coefficient (Wildman–Crippen LogP) is 2.71. The zero-order valence-electron chi connectivity index (χ0n) is 22.0. The van der Waals surface area contributed by atoms with Crippen LogP contribution >= 0.6 is 11.3 Å². The number of carbonyl (C=O) groups excluding carboxylic acids is 3. The van der Waals surface area contributed by atoms with Crippen LogP contribution in [0, 0.1) is 11.8 Å². The van der Waals surface area contributed by atoms with Crippen LogP contribution in [0.15, 0.2) is 42.5 Å². The Hall–Kier alpha value is -5.05. The molecule has 208 valence electrons. The number of thiophene rings is 1. The topological polar surface area (TPSA) is 192 Å². The third-order valence-electron chi connectivity index (χ3n) is 5.83.